The largest absolute Gasteiger partial charge is 0.449 e. The van der Waals surface area contributed by atoms with E-state index in [2.05, 4.69) is 15.4 Å². The van der Waals surface area contributed by atoms with Crippen molar-refractivity contribution in [3.63, 3.8) is 0 Å². The number of ether oxygens (including phenoxy) is 1. The van der Waals surface area contributed by atoms with Crippen molar-refractivity contribution in [2.75, 3.05) is 23.0 Å². The minimum absolute atomic E-state index is 0.106. The molecule has 0 bridgehead atoms. The first-order valence-corrected chi connectivity index (χ1v) is 13.1. The Morgan fingerprint density at radius 1 is 0.911 bits per heavy atom. The predicted molar refractivity (Wildman–Crippen MR) is 138 cm³/mol. The van der Waals surface area contributed by atoms with Crippen molar-refractivity contribution < 1.29 is 53.8 Å². The van der Waals surface area contributed by atoms with Gasteiger partial charge in [0.25, 0.3) is 0 Å². The van der Waals surface area contributed by atoms with Crippen LogP contribution in [0.2, 0.25) is 0 Å². The Balaban J connectivity index is 2.06. The van der Waals surface area contributed by atoms with Gasteiger partial charge in [-0.3, -0.25) is 9.69 Å². The van der Waals surface area contributed by atoms with Gasteiger partial charge in [0.05, 0.1) is 40.7 Å². The van der Waals surface area contributed by atoms with Crippen molar-refractivity contribution in [1.29, 1.82) is 0 Å². The number of benzene rings is 2. The Kier molecular flexibility index (Phi) is 8.94. The van der Waals surface area contributed by atoms with Gasteiger partial charge in [0.1, 0.15) is 12.6 Å². The van der Waals surface area contributed by atoms with Gasteiger partial charge in [-0.05, 0) is 60.5 Å². The lowest BCUT2D eigenvalue weighted by molar-refractivity contribution is -0.143. The number of tetrazole rings is 1. The Morgan fingerprint density at radius 3 is 2.02 bits per heavy atom. The van der Waals surface area contributed by atoms with Gasteiger partial charge in [-0.15, -0.1) is 10.2 Å². The van der Waals surface area contributed by atoms with Crippen molar-refractivity contribution in [3.8, 4) is 0 Å². The van der Waals surface area contributed by atoms with E-state index in [0.29, 0.717) is 29.1 Å². The fraction of sp³-hybridized carbons (Fsp3) is 0.423. The van der Waals surface area contributed by atoms with Gasteiger partial charge in [-0.2, -0.15) is 44.3 Å². The van der Waals surface area contributed by atoms with Crippen LogP contribution >= 0.6 is 0 Å². The zero-order chi connectivity index (χ0) is 33.5. The van der Waals surface area contributed by atoms with E-state index in [1.807, 2.05) is 0 Å². The van der Waals surface area contributed by atoms with E-state index in [1.54, 1.807) is 6.92 Å². The third-order valence-corrected chi connectivity index (χ3v) is 6.83. The predicted octanol–water partition coefficient (Wildman–Crippen LogP) is 5.57. The summed E-state index contributed by atoms with van der Waals surface area (Å²) in [4.78, 5) is 27.2. The summed E-state index contributed by atoms with van der Waals surface area (Å²) < 4.78 is 130. The van der Waals surface area contributed by atoms with Crippen LogP contribution in [-0.2, 0) is 34.6 Å². The SMILES string of the molecule is CCOC(=O)N1c2ccc(C(F)(F)F)cc2N(C(c2cc(C(F)(F)F)cc(C(F)(F)F)c2)c2nnn(CC(N)=O)n2)CC1CC. The van der Waals surface area contributed by atoms with E-state index in [1.165, 1.54) is 6.92 Å². The van der Waals surface area contributed by atoms with Crippen LogP contribution in [0.15, 0.2) is 36.4 Å². The number of rotatable bonds is 7. The molecule has 0 aliphatic carbocycles. The minimum Gasteiger partial charge on any atom is -0.449 e. The van der Waals surface area contributed by atoms with E-state index < -0.39 is 89.5 Å². The molecule has 2 N–H and O–H groups in total. The molecule has 244 valence electrons. The first-order chi connectivity index (χ1) is 20.8. The van der Waals surface area contributed by atoms with Gasteiger partial charge in [0.15, 0.2) is 0 Å². The molecule has 1 aliphatic heterocycles. The number of carbonyl (C=O) groups excluding carboxylic acids is 2. The van der Waals surface area contributed by atoms with Crippen LogP contribution in [0.5, 0.6) is 0 Å². The normalized spacial score (nSPS) is 16.4. The summed E-state index contributed by atoms with van der Waals surface area (Å²) in [6.07, 6.45) is -16.3. The summed E-state index contributed by atoms with van der Waals surface area (Å²) in [6.45, 7) is 1.89. The molecule has 0 spiro atoms. The second-order valence-corrected chi connectivity index (χ2v) is 9.87. The highest BCUT2D eigenvalue weighted by Crippen LogP contribution is 2.47. The molecule has 2 aromatic carbocycles. The lowest BCUT2D eigenvalue weighted by Gasteiger charge is -2.45. The second kappa shape index (κ2) is 12.1. The Morgan fingerprint density at radius 2 is 1.51 bits per heavy atom. The number of amides is 2. The van der Waals surface area contributed by atoms with Crippen LogP contribution in [0.1, 0.15) is 54.4 Å². The fourth-order valence-electron chi connectivity index (χ4n) is 4.91. The number of fused-ring (bicyclic) bond motifs is 1. The number of hydrogen-bond acceptors (Lipinski definition) is 7. The molecule has 0 saturated heterocycles. The summed E-state index contributed by atoms with van der Waals surface area (Å²) in [6, 6.07) is 0.157. The number of alkyl halides is 9. The molecule has 0 fully saturated rings. The molecule has 45 heavy (non-hydrogen) atoms. The number of nitrogens with zero attached hydrogens (tertiary/aromatic N) is 6. The van der Waals surface area contributed by atoms with Gasteiger partial charge in [-0.1, -0.05) is 6.92 Å². The number of carbonyl (C=O) groups is 2. The molecule has 0 saturated carbocycles. The second-order valence-electron chi connectivity index (χ2n) is 9.87. The van der Waals surface area contributed by atoms with E-state index in [-0.39, 0.29) is 24.8 Å². The molecule has 2 atom stereocenters. The van der Waals surface area contributed by atoms with Gasteiger partial charge in [0, 0.05) is 6.54 Å². The van der Waals surface area contributed by atoms with Crippen LogP contribution in [0.3, 0.4) is 0 Å². The van der Waals surface area contributed by atoms with Gasteiger partial charge in [0.2, 0.25) is 11.7 Å². The zero-order valence-corrected chi connectivity index (χ0v) is 23.3. The van der Waals surface area contributed by atoms with Gasteiger partial charge in [-0.25, -0.2) is 4.79 Å². The first-order valence-electron chi connectivity index (χ1n) is 13.1. The number of anilines is 2. The summed E-state index contributed by atoms with van der Waals surface area (Å²) in [5, 5.41) is 11.3. The third kappa shape index (κ3) is 7.06. The molecular formula is C26H24F9N7O3. The van der Waals surface area contributed by atoms with E-state index in [4.69, 9.17) is 10.5 Å². The van der Waals surface area contributed by atoms with Crippen molar-refractivity contribution in [3.05, 3.63) is 64.5 Å². The Bertz CT molecular complexity index is 1540. The number of aromatic nitrogens is 4. The first kappa shape index (κ1) is 33.3. The van der Waals surface area contributed by atoms with E-state index >= 15 is 0 Å². The average molecular weight is 654 g/mol. The van der Waals surface area contributed by atoms with E-state index in [0.717, 1.165) is 15.9 Å². The summed E-state index contributed by atoms with van der Waals surface area (Å²) >= 11 is 0. The highest BCUT2D eigenvalue weighted by molar-refractivity contribution is 5.95. The lowest BCUT2D eigenvalue weighted by atomic mass is 9.94. The lowest BCUT2D eigenvalue weighted by Crippen LogP contribution is -2.53. The third-order valence-electron chi connectivity index (χ3n) is 6.83. The molecular weight excluding hydrogens is 629 g/mol. The average Bonchev–Trinajstić information content (AvgIpc) is 3.38. The molecule has 0 radical (unpaired) electrons. The standard InChI is InChI=1S/C26H24F9N7O3/c1-3-17-11-40(19-10-14(24(27,28)29)5-6-18(19)42(17)23(44)45-4-2)21(22-37-39-41(38-22)12-20(36)43)13-7-15(25(30,31)32)9-16(8-13)26(33,34)35/h5-10,17,21H,3-4,11-12H2,1-2H3,(H2,36,43). The molecule has 2 unspecified atom stereocenters. The topological polar surface area (TPSA) is 119 Å². The molecule has 3 aromatic rings. The van der Waals surface area contributed by atoms with E-state index in [9.17, 15) is 49.1 Å². The maximum Gasteiger partial charge on any atom is 0.416 e. The monoisotopic (exact) mass is 653 g/mol. The van der Waals surface area contributed by atoms with Crippen LogP contribution < -0.4 is 15.5 Å². The highest BCUT2D eigenvalue weighted by Gasteiger charge is 2.44. The summed E-state index contributed by atoms with van der Waals surface area (Å²) in [5.41, 5.74) is -0.775. The highest BCUT2D eigenvalue weighted by atomic mass is 19.4. The quantitative estimate of drug-likeness (QED) is 0.332. The molecule has 1 aromatic heterocycles. The van der Waals surface area contributed by atoms with Gasteiger partial charge >= 0.3 is 24.6 Å². The van der Waals surface area contributed by atoms with Crippen molar-refractivity contribution >= 4 is 23.4 Å². The molecule has 1 aliphatic rings. The number of nitrogens with two attached hydrogens (primary N) is 1. The fourth-order valence-corrected chi connectivity index (χ4v) is 4.91. The number of halogens is 9. The molecule has 10 nitrogen and oxygen atoms in total. The van der Waals surface area contributed by atoms with Crippen LogP contribution in [0.4, 0.5) is 55.7 Å². The molecule has 4 rings (SSSR count). The Labute approximate surface area is 248 Å². The van der Waals surface area contributed by atoms with Crippen molar-refractivity contribution in [2.24, 2.45) is 5.73 Å². The van der Waals surface area contributed by atoms with Crippen molar-refractivity contribution in [1.82, 2.24) is 20.2 Å². The molecule has 19 heteroatoms. The van der Waals surface area contributed by atoms with Crippen LogP contribution in [0.25, 0.3) is 0 Å². The number of hydrogen-bond donors (Lipinski definition) is 1. The summed E-state index contributed by atoms with van der Waals surface area (Å²) in [5.74, 6) is -1.53. The maximum atomic E-state index is 13.9. The van der Waals surface area contributed by atoms with Crippen LogP contribution in [0, 0.1) is 0 Å². The zero-order valence-electron chi connectivity index (χ0n) is 23.3. The van der Waals surface area contributed by atoms with Gasteiger partial charge < -0.3 is 15.4 Å². The summed E-state index contributed by atoms with van der Waals surface area (Å²) in [7, 11) is 0. The Hall–Kier alpha value is -4.58. The van der Waals surface area contributed by atoms with Crippen molar-refractivity contribution in [2.45, 2.75) is 57.4 Å². The smallest absolute Gasteiger partial charge is 0.416 e. The maximum absolute atomic E-state index is 13.9. The van der Waals surface area contributed by atoms with Crippen LogP contribution in [-0.4, -0.2) is 51.4 Å². The number of primary amides is 1. The molecule has 2 amide bonds. The molecule has 2 heterocycles. The minimum atomic E-state index is -5.27.